The van der Waals surface area contributed by atoms with Crippen LogP contribution in [0.15, 0.2) is 18.2 Å². The molecule has 0 aliphatic rings. The summed E-state index contributed by atoms with van der Waals surface area (Å²) in [7, 11) is 4.09. The van der Waals surface area contributed by atoms with Gasteiger partial charge in [-0.2, -0.15) is 0 Å². The summed E-state index contributed by atoms with van der Waals surface area (Å²) in [5.74, 6) is 0.373. The van der Waals surface area contributed by atoms with E-state index in [1.807, 2.05) is 33.2 Å². The van der Waals surface area contributed by atoms with E-state index in [0.717, 1.165) is 25.2 Å². The number of nitrogens with one attached hydrogen (secondary N) is 1. The SMILES string of the molecule is Cc1ccc(O)c(CNCCN(C)C)c1. The Hall–Kier alpha value is -1.06. The third kappa shape index (κ3) is 4.32. The predicted octanol–water partition coefficient (Wildman–Crippen LogP) is 1.35. The third-order valence-corrected chi connectivity index (χ3v) is 2.29. The number of phenols is 1. The standard InChI is InChI=1S/C12H20N2O/c1-10-4-5-12(15)11(8-10)9-13-6-7-14(2)3/h4-5,8,13,15H,6-7,9H2,1-3H3. The lowest BCUT2D eigenvalue weighted by Crippen LogP contribution is -2.26. The molecule has 0 atom stereocenters. The van der Waals surface area contributed by atoms with Gasteiger partial charge in [-0.25, -0.2) is 0 Å². The maximum Gasteiger partial charge on any atom is 0.120 e. The maximum atomic E-state index is 9.59. The largest absolute Gasteiger partial charge is 0.508 e. The zero-order valence-electron chi connectivity index (χ0n) is 9.75. The molecule has 0 aliphatic carbocycles. The van der Waals surface area contributed by atoms with Gasteiger partial charge in [0.05, 0.1) is 0 Å². The van der Waals surface area contributed by atoms with Crippen molar-refractivity contribution in [3.8, 4) is 5.75 Å². The van der Waals surface area contributed by atoms with Gasteiger partial charge in [0.2, 0.25) is 0 Å². The van der Waals surface area contributed by atoms with Gasteiger partial charge in [0, 0.05) is 25.2 Å². The minimum atomic E-state index is 0.373. The molecule has 0 spiro atoms. The van der Waals surface area contributed by atoms with Crippen molar-refractivity contribution in [2.75, 3.05) is 27.2 Å². The average Bonchev–Trinajstić information content (AvgIpc) is 2.17. The van der Waals surface area contributed by atoms with Gasteiger partial charge in [-0.15, -0.1) is 0 Å². The van der Waals surface area contributed by atoms with Crippen LogP contribution in [0.5, 0.6) is 5.75 Å². The molecule has 0 saturated heterocycles. The molecule has 0 saturated carbocycles. The molecule has 0 heterocycles. The van der Waals surface area contributed by atoms with Crippen molar-refractivity contribution >= 4 is 0 Å². The van der Waals surface area contributed by atoms with Gasteiger partial charge in [0.15, 0.2) is 0 Å². The van der Waals surface area contributed by atoms with Crippen LogP contribution in [0.2, 0.25) is 0 Å². The quantitative estimate of drug-likeness (QED) is 0.717. The molecule has 3 heteroatoms. The van der Waals surface area contributed by atoms with E-state index in [4.69, 9.17) is 0 Å². The number of benzene rings is 1. The summed E-state index contributed by atoms with van der Waals surface area (Å²) in [6.07, 6.45) is 0. The molecule has 3 nitrogen and oxygen atoms in total. The molecule has 0 aliphatic heterocycles. The summed E-state index contributed by atoms with van der Waals surface area (Å²) in [6.45, 7) is 4.69. The van der Waals surface area contributed by atoms with Gasteiger partial charge in [0.1, 0.15) is 5.75 Å². The highest BCUT2D eigenvalue weighted by Crippen LogP contribution is 2.17. The molecule has 2 N–H and O–H groups in total. The van der Waals surface area contributed by atoms with Gasteiger partial charge in [-0.05, 0) is 27.1 Å². The fourth-order valence-electron chi connectivity index (χ4n) is 1.38. The van der Waals surface area contributed by atoms with Crippen molar-refractivity contribution in [3.63, 3.8) is 0 Å². The van der Waals surface area contributed by atoms with Crippen LogP contribution >= 0.6 is 0 Å². The minimum Gasteiger partial charge on any atom is -0.508 e. The Morgan fingerprint density at radius 3 is 2.73 bits per heavy atom. The molecule has 1 aromatic rings. The predicted molar refractivity (Wildman–Crippen MR) is 63.1 cm³/mol. The summed E-state index contributed by atoms with van der Waals surface area (Å²) in [5, 5.41) is 12.9. The summed E-state index contributed by atoms with van der Waals surface area (Å²) in [4.78, 5) is 2.13. The van der Waals surface area contributed by atoms with Crippen molar-refractivity contribution < 1.29 is 5.11 Å². The second-order valence-electron chi connectivity index (χ2n) is 4.11. The topological polar surface area (TPSA) is 35.5 Å². The van der Waals surface area contributed by atoms with Gasteiger partial charge >= 0.3 is 0 Å². The maximum absolute atomic E-state index is 9.59. The van der Waals surface area contributed by atoms with Gasteiger partial charge in [-0.3, -0.25) is 0 Å². The van der Waals surface area contributed by atoms with Crippen LogP contribution in [-0.2, 0) is 6.54 Å². The highest BCUT2D eigenvalue weighted by molar-refractivity contribution is 5.35. The number of likely N-dealkylation sites (N-methyl/N-ethyl adjacent to an activating group) is 1. The third-order valence-electron chi connectivity index (χ3n) is 2.29. The summed E-state index contributed by atoms with van der Waals surface area (Å²) >= 11 is 0. The summed E-state index contributed by atoms with van der Waals surface area (Å²) < 4.78 is 0. The second-order valence-corrected chi connectivity index (χ2v) is 4.11. The molecule has 0 fully saturated rings. The first-order valence-corrected chi connectivity index (χ1v) is 5.23. The van der Waals surface area contributed by atoms with Crippen molar-refractivity contribution in [2.45, 2.75) is 13.5 Å². The molecular weight excluding hydrogens is 188 g/mol. The van der Waals surface area contributed by atoms with Gasteiger partial charge < -0.3 is 15.3 Å². The Labute approximate surface area is 91.7 Å². The lowest BCUT2D eigenvalue weighted by molar-refractivity contribution is 0.398. The molecule has 15 heavy (non-hydrogen) atoms. The molecule has 1 aromatic carbocycles. The number of hydrogen-bond donors (Lipinski definition) is 2. The molecule has 84 valence electrons. The van der Waals surface area contributed by atoms with E-state index in [1.165, 1.54) is 5.56 Å². The van der Waals surface area contributed by atoms with Gasteiger partial charge in [-0.1, -0.05) is 17.7 Å². The van der Waals surface area contributed by atoms with E-state index in [-0.39, 0.29) is 0 Å². The smallest absolute Gasteiger partial charge is 0.120 e. The Kier molecular flexibility index (Phi) is 4.59. The van der Waals surface area contributed by atoms with E-state index >= 15 is 0 Å². The van der Waals surface area contributed by atoms with Crippen molar-refractivity contribution in [1.82, 2.24) is 10.2 Å². The first kappa shape index (κ1) is 12.0. The first-order valence-electron chi connectivity index (χ1n) is 5.23. The normalized spacial score (nSPS) is 10.9. The lowest BCUT2D eigenvalue weighted by atomic mass is 10.1. The van der Waals surface area contributed by atoms with Gasteiger partial charge in [0.25, 0.3) is 0 Å². The number of nitrogens with zero attached hydrogens (tertiary/aromatic N) is 1. The Balaban J connectivity index is 2.40. The number of rotatable bonds is 5. The molecule has 0 aromatic heterocycles. The Morgan fingerprint density at radius 2 is 2.07 bits per heavy atom. The van der Waals surface area contributed by atoms with E-state index in [1.54, 1.807) is 6.07 Å². The minimum absolute atomic E-state index is 0.373. The number of aromatic hydroxyl groups is 1. The number of hydrogen-bond acceptors (Lipinski definition) is 3. The summed E-state index contributed by atoms with van der Waals surface area (Å²) in [6, 6.07) is 5.68. The lowest BCUT2D eigenvalue weighted by Gasteiger charge is -2.11. The van der Waals surface area contributed by atoms with E-state index < -0.39 is 0 Å². The molecule has 1 rings (SSSR count). The van der Waals surface area contributed by atoms with Crippen LogP contribution in [-0.4, -0.2) is 37.2 Å². The highest BCUT2D eigenvalue weighted by atomic mass is 16.3. The fourth-order valence-corrected chi connectivity index (χ4v) is 1.38. The first-order chi connectivity index (χ1) is 7.09. The molecule has 0 amide bonds. The van der Waals surface area contributed by atoms with Crippen molar-refractivity contribution in [3.05, 3.63) is 29.3 Å². The zero-order valence-corrected chi connectivity index (χ0v) is 9.75. The number of phenolic OH excluding ortho intramolecular Hbond substituents is 1. The van der Waals surface area contributed by atoms with Crippen LogP contribution in [0.25, 0.3) is 0 Å². The molecule has 0 unspecified atom stereocenters. The van der Waals surface area contributed by atoms with Crippen LogP contribution in [0, 0.1) is 6.92 Å². The monoisotopic (exact) mass is 208 g/mol. The Morgan fingerprint density at radius 1 is 1.33 bits per heavy atom. The molecule has 0 radical (unpaired) electrons. The van der Waals surface area contributed by atoms with Crippen LogP contribution < -0.4 is 5.32 Å². The van der Waals surface area contributed by atoms with E-state index in [9.17, 15) is 5.11 Å². The van der Waals surface area contributed by atoms with Crippen molar-refractivity contribution in [2.24, 2.45) is 0 Å². The average molecular weight is 208 g/mol. The van der Waals surface area contributed by atoms with E-state index in [2.05, 4.69) is 10.2 Å². The highest BCUT2D eigenvalue weighted by Gasteiger charge is 2.00. The molecule has 0 bridgehead atoms. The Bertz CT molecular complexity index is 310. The van der Waals surface area contributed by atoms with Crippen LogP contribution in [0.3, 0.4) is 0 Å². The van der Waals surface area contributed by atoms with E-state index in [0.29, 0.717) is 5.75 Å². The second kappa shape index (κ2) is 5.73. The molecular formula is C12H20N2O. The fraction of sp³-hybridized carbons (Fsp3) is 0.500. The van der Waals surface area contributed by atoms with Crippen LogP contribution in [0.1, 0.15) is 11.1 Å². The summed E-state index contributed by atoms with van der Waals surface area (Å²) in [5.41, 5.74) is 2.14. The number of aryl methyl sites for hydroxylation is 1. The van der Waals surface area contributed by atoms with Crippen LogP contribution in [0.4, 0.5) is 0 Å². The zero-order chi connectivity index (χ0) is 11.3. The van der Waals surface area contributed by atoms with Crippen molar-refractivity contribution in [1.29, 1.82) is 0 Å².